The minimum absolute atomic E-state index is 0.0875. The van der Waals surface area contributed by atoms with Gasteiger partial charge in [0.2, 0.25) is 15.9 Å². The summed E-state index contributed by atoms with van der Waals surface area (Å²) in [6.45, 7) is -0.0997. The van der Waals surface area contributed by atoms with Crippen molar-refractivity contribution in [2.45, 2.75) is 36.7 Å². The molecule has 31 heavy (non-hydrogen) atoms. The maximum atomic E-state index is 13.3. The Kier molecular flexibility index (Phi) is 6.49. The third-order valence-corrected chi connectivity index (χ3v) is 7.41. The summed E-state index contributed by atoms with van der Waals surface area (Å²) < 4.78 is 27.9. The number of hydrogen-bond acceptors (Lipinski definition) is 3. The number of amides is 1. The Morgan fingerprint density at radius 3 is 2.29 bits per heavy atom. The largest absolute Gasteiger partial charge is 0.348 e. The molecule has 0 fully saturated rings. The summed E-state index contributed by atoms with van der Waals surface area (Å²) in [5.41, 5.74) is 3.21. The normalized spacial score (nSPS) is 16.0. The van der Waals surface area contributed by atoms with Crippen molar-refractivity contribution in [3.05, 3.63) is 102 Å². The minimum atomic E-state index is -3.82. The minimum Gasteiger partial charge on any atom is -0.348 e. The molecule has 5 nitrogen and oxygen atoms in total. The van der Waals surface area contributed by atoms with E-state index in [1.807, 2.05) is 48.5 Å². The molecule has 1 amide bonds. The third kappa shape index (κ3) is 5.03. The van der Waals surface area contributed by atoms with Gasteiger partial charge in [-0.3, -0.25) is 4.79 Å². The van der Waals surface area contributed by atoms with E-state index >= 15 is 0 Å². The van der Waals surface area contributed by atoms with Crippen LogP contribution in [-0.4, -0.2) is 25.2 Å². The van der Waals surface area contributed by atoms with E-state index in [2.05, 4.69) is 11.4 Å². The summed E-state index contributed by atoms with van der Waals surface area (Å²) in [6, 6.07) is 25.6. The lowest BCUT2D eigenvalue weighted by Crippen LogP contribution is -2.42. The Morgan fingerprint density at radius 1 is 0.903 bits per heavy atom. The van der Waals surface area contributed by atoms with Crippen LogP contribution in [0.25, 0.3) is 0 Å². The van der Waals surface area contributed by atoms with Gasteiger partial charge in [-0.1, -0.05) is 72.8 Å². The molecule has 1 aliphatic rings. The van der Waals surface area contributed by atoms with Gasteiger partial charge < -0.3 is 5.32 Å². The number of nitrogens with one attached hydrogen (secondary N) is 1. The highest BCUT2D eigenvalue weighted by Gasteiger charge is 2.28. The molecular formula is C25H26N2O3S. The molecule has 160 valence electrons. The molecule has 0 spiro atoms. The maximum Gasteiger partial charge on any atom is 0.243 e. The molecular weight excluding hydrogens is 408 g/mol. The van der Waals surface area contributed by atoms with E-state index in [1.165, 1.54) is 9.87 Å². The van der Waals surface area contributed by atoms with Gasteiger partial charge in [0.1, 0.15) is 0 Å². The number of benzene rings is 3. The molecule has 1 N–H and O–H groups in total. The van der Waals surface area contributed by atoms with Crippen LogP contribution < -0.4 is 5.32 Å². The molecule has 0 bridgehead atoms. The first-order valence-corrected chi connectivity index (χ1v) is 11.9. The number of nitrogens with zero attached hydrogens (tertiary/aromatic N) is 1. The van der Waals surface area contributed by atoms with Gasteiger partial charge in [-0.2, -0.15) is 4.31 Å². The molecule has 0 saturated carbocycles. The fourth-order valence-corrected chi connectivity index (χ4v) is 5.46. The number of carbonyl (C=O) groups is 1. The summed E-state index contributed by atoms with van der Waals surface area (Å²) in [7, 11) is -3.82. The predicted molar refractivity (Wildman–Crippen MR) is 121 cm³/mol. The molecule has 0 unspecified atom stereocenters. The zero-order valence-electron chi connectivity index (χ0n) is 17.3. The second-order valence-corrected chi connectivity index (χ2v) is 9.72. The van der Waals surface area contributed by atoms with Gasteiger partial charge in [0, 0.05) is 6.54 Å². The number of rotatable bonds is 7. The molecule has 1 aliphatic carbocycles. The van der Waals surface area contributed by atoms with E-state index in [1.54, 1.807) is 30.3 Å². The van der Waals surface area contributed by atoms with Crippen molar-refractivity contribution in [3.8, 4) is 0 Å². The highest BCUT2D eigenvalue weighted by atomic mass is 32.2. The fourth-order valence-electron chi connectivity index (χ4n) is 4.06. The van der Waals surface area contributed by atoms with Crippen LogP contribution in [0.2, 0.25) is 0 Å². The van der Waals surface area contributed by atoms with Crippen LogP contribution in [0.3, 0.4) is 0 Å². The second-order valence-electron chi connectivity index (χ2n) is 7.78. The molecule has 3 aromatic carbocycles. The van der Waals surface area contributed by atoms with Crippen molar-refractivity contribution in [3.63, 3.8) is 0 Å². The summed E-state index contributed by atoms with van der Waals surface area (Å²) in [5, 5.41) is 3.07. The SMILES string of the molecule is O=C(CN(Cc1ccccc1)S(=O)(=O)c1ccccc1)N[C@@H]1CCCc2ccccc21. The zero-order chi connectivity index (χ0) is 21.7. The number of fused-ring (bicyclic) bond motifs is 1. The summed E-state index contributed by atoms with van der Waals surface area (Å²) >= 11 is 0. The number of sulfonamides is 1. The quantitative estimate of drug-likeness (QED) is 0.610. The van der Waals surface area contributed by atoms with E-state index in [-0.39, 0.29) is 29.9 Å². The number of aryl methyl sites for hydroxylation is 1. The Morgan fingerprint density at radius 2 is 1.55 bits per heavy atom. The first kappa shape index (κ1) is 21.3. The summed E-state index contributed by atoms with van der Waals surface area (Å²) in [4.78, 5) is 13.2. The lowest BCUT2D eigenvalue weighted by atomic mass is 9.88. The van der Waals surface area contributed by atoms with Crippen molar-refractivity contribution in [2.24, 2.45) is 0 Å². The molecule has 0 aliphatic heterocycles. The first-order valence-electron chi connectivity index (χ1n) is 10.5. The van der Waals surface area contributed by atoms with Gasteiger partial charge >= 0.3 is 0 Å². The Hall–Kier alpha value is -2.96. The van der Waals surface area contributed by atoms with Gasteiger partial charge in [-0.15, -0.1) is 0 Å². The Bertz CT molecular complexity index is 1130. The molecule has 0 aromatic heterocycles. The van der Waals surface area contributed by atoms with E-state index in [0.717, 1.165) is 30.4 Å². The Balaban J connectivity index is 1.55. The van der Waals surface area contributed by atoms with E-state index in [9.17, 15) is 13.2 Å². The number of hydrogen-bond donors (Lipinski definition) is 1. The highest BCUT2D eigenvalue weighted by molar-refractivity contribution is 7.89. The molecule has 4 rings (SSSR count). The predicted octanol–water partition coefficient (Wildman–Crippen LogP) is 4.07. The van der Waals surface area contributed by atoms with Crippen LogP contribution in [0.5, 0.6) is 0 Å². The fraction of sp³-hybridized carbons (Fsp3) is 0.240. The van der Waals surface area contributed by atoms with Crippen LogP contribution in [0.4, 0.5) is 0 Å². The van der Waals surface area contributed by atoms with E-state index in [4.69, 9.17) is 0 Å². The van der Waals surface area contributed by atoms with Crippen molar-refractivity contribution >= 4 is 15.9 Å². The van der Waals surface area contributed by atoms with Gasteiger partial charge in [0.15, 0.2) is 0 Å². The van der Waals surface area contributed by atoms with Crippen LogP contribution >= 0.6 is 0 Å². The van der Waals surface area contributed by atoms with Crippen LogP contribution in [0.1, 0.15) is 35.6 Å². The van der Waals surface area contributed by atoms with Gasteiger partial charge in [0.05, 0.1) is 17.5 Å². The summed E-state index contributed by atoms with van der Waals surface area (Å²) in [5.74, 6) is -0.294. The second kappa shape index (κ2) is 9.45. The van der Waals surface area contributed by atoms with E-state index in [0.29, 0.717) is 0 Å². The van der Waals surface area contributed by atoms with E-state index < -0.39 is 10.0 Å². The molecule has 3 aromatic rings. The molecule has 0 heterocycles. The van der Waals surface area contributed by atoms with Crippen LogP contribution in [0, 0.1) is 0 Å². The van der Waals surface area contributed by atoms with Gasteiger partial charge in [-0.25, -0.2) is 8.42 Å². The van der Waals surface area contributed by atoms with Crippen molar-refractivity contribution < 1.29 is 13.2 Å². The van der Waals surface area contributed by atoms with Crippen molar-refractivity contribution in [1.29, 1.82) is 0 Å². The van der Waals surface area contributed by atoms with Crippen molar-refractivity contribution in [1.82, 2.24) is 9.62 Å². The average Bonchev–Trinajstić information content (AvgIpc) is 2.80. The molecule has 1 atom stereocenters. The van der Waals surface area contributed by atoms with Crippen LogP contribution in [-0.2, 0) is 27.8 Å². The van der Waals surface area contributed by atoms with Crippen LogP contribution in [0.15, 0.2) is 89.8 Å². The first-order chi connectivity index (χ1) is 15.0. The Labute approximate surface area is 183 Å². The summed E-state index contributed by atoms with van der Waals surface area (Å²) in [6.07, 6.45) is 2.86. The topological polar surface area (TPSA) is 66.5 Å². The maximum absolute atomic E-state index is 13.3. The smallest absolute Gasteiger partial charge is 0.243 e. The molecule has 6 heteroatoms. The van der Waals surface area contributed by atoms with Crippen molar-refractivity contribution in [2.75, 3.05) is 6.54 Å². The lowest BCUT2D eigenvalue weighted by molar-refractivity contribution is -0.122. The van der Waals surface area contributed by atoms with Gasteiger partial charge in [0.25, 0.3) is 0 Å². The average molecular weight is 435 g/mol. The highest BCUT2D eigenvalue weighted by Crippen LogP contribution is 2.29. The molecule has 0 saturated heterocycles. The lowest BCUT2D eigenvalue weighted by Gasteiger charge is -2.28. The third-order valence-electron chi connectivity index (χ3n) is 5.61. The zero-order valence-corrected chi connectivity index (χ0v) is 18.1. The molecule has 0 radical (unpaired) electrons. The standard InChI is InChI=1S/C25H26N2O3S/c28-25(26-24-17-9-13-21-12-7-8-16-23(21)24)19-27(18-20-10-3-1-4-11-20)31(29,30)22-14-5-2-6-15-22/h1-8,10-12,14-16,24H,9,13,17-19H2,(H,26,28)/t24-/m1/s1. The monoisotopic (exact) mass is 434 g/mol. The number of carbonyl (C=O) groups excluding carboxylic acids is 1. The van der Waals surface area contributed by atoms with Gasteiger partial charge in [-0.05, 0) is 48.1 Å².